The lowest BCUT2D eigenvalue weighted by molar-refractivity contribution is -0.178. The Kier molecular flexibility index (Phi) is 6.85. The van der Waals surface area contributed by atoms with Crippen LogP contribution in [0.25, 0.3) is 0 Å². The molecule has 8 nitrogen and oxygen atoms in total. The minimum Gasteiger partial charge on any atom is -0.479 e. The first-order valence-corrected chi connectivity index (χ1v) is 4.83. The molecule has 0 bridgehead atoms. The third-order valence-electron chi connectivity index (χ3n) is 2.10. The highest BCUT2D eigenvalue weighted by Gasteiger charge is 2.35. The highest BCUT2D eigenvalue weighted by Crippen LogP contribution is 2.11. The molecule has 0 saturated heterocycles. The van der Waals surface area contributed by atoms with Crippen LogP contribution in [0.1, 0.15) is 6.92 Å². The summed E-state index contributed by atoms with van der Waals surface area (Å²) in [5, 5.41) is 45.0. The second kappa shape index (κ2) is 7.30. The maximum Gasteiger partial charge on any atom is 0.332 e. The number of rotatable bonds is 8. The van der Waals surface area contributed by atoms with Crippen LogP contribution in [0.4, 0.5) is 0 Å². The fraction of sp³-hybridized carbons (Fsp3) is 0.778. The summed E-state index contributed by atoms with van der Waals surface area (Å²) in [4.78, 5) is 20.9. The quantitative estimate of drug-likeness (QED) is 0.290. The summed E-state index contributed by atoms with van der Waals surface area (Å²) < 4.78 is 4.75. The Hall–Kier alpha value is -1.06. The molecule has 17 heavy (non-hydrogen) atoms. The Morgan fingerprint density at radius 1 is 1.35 bits per heavy atom. The lowest BCUT2D eigenvalue weighted by atomic mass is 10.0. The highest BCUT2D eigenvalue weighted by atomic mass is 16.5. The monoisotopic (exact) mass is 252 g/mol. The van der Waals surface area contributed by atoms with Crippen LogP contribution in [0.2, 0.25) is 0 Å². The van der Waals surface area contributed by atoms with Crippen molar-refractivity contribution in [2.45, 2.75) is 37.4 Å². The van der Waals surface area contributed by atoms with Gasteiger partial charge in [-0.1, -0.05) is 0 Å². The van der Waals surface area contributed by atoms with Crippen molar-refractivity contribution in [1.29, 1.82) is 0 Å². The number of ether oxygens (including phenoxy) is 1. The summed E-state index contributed by atoms with van der Waals surface area (Å²) in [6.45, 7) is 0.305. The van der Waals surface area contributed by atoms with Crippen molar-refractivity contribution in [3.05, 3.63) is 0 Å². The van der Waals surface area contributed by atoms with E-state index in [0.29, 0.717) is 0 Å². The lowest BCUT2D eigenvalue weighted by Crippen LogP contribution is -2.50. The molecule has 5 N–H and O–H groups in total. The molecular weight excluding hydrogens is 236 g/mol. The van der Waals surface area contributed by atoms with Crippen molar-refractivity contribution in [1.82, 2.24) is 0 Å². The molecule has 0 fully saturated rings. The summed E-state index contributed by atoms with van der Waals surface area (Å²) >= 11 is 0. The van der Waals surface area contributed by atoms with Crippen LogP contribution in [-0.4, -0.2) is 74.9 Å². The van der Waals surface area contributed by atoms with E-state index in [9.17, 15) is 19.8 Å². The fourth-order valence-electron chi connectivity index (χ4n) is 1.06. The van der Waals surface area contributed by atoms with Crippen molar-refractivity contribution in [3.63, 3.8) is 0 Å². The standard InChI is InChI=1S/C9H16O8/c1-4(9(15)16)17-8(6(13)3-11)7(14)5(12)2-10/h3-8,10,12-14H,2H2,1H3,(H,15,16)/t4-,5-,6-,7-,8-/m1/s1. The molecule has 8 heteroatoms. The van der Waals surface area contributed by atoms with E-state index in [1.54, 1.807) is 0 Å². The third kappa shape index (κ3) is 4.75. The topological polar surface area (TPSA) is 145 Å². The number of carbonyl (C=O) groups excluding carboxylic acids is 1. The fourth-order valence-corrected chi connectivity index (χ4v) is 1.06. The number of aliphatic hydroxyl groups excluding tert-OH is 4. The zero-order valence-corrected chi connectivity index (χ0v) is 9.13. The van der Waals surface area contributed by atoms with Crippen LogP contribution in [0.3, 0.4) is 0 Å². The number of aldehydes is 1. The van der Waals surface area contributed by atoms with Gasteiger partial charge in [0.15, 0.2) is 12.4 Å². The van der Waals surface area contributed by atoms with Crippen LogP contribution in [0.5, 0.6) is 0 Å². The summed E-state index contributed by atoms with van der Waals surface area (Å²) in [6.07, 6.45) is -8.26. The first kappa shape index (κ1) is 15.9. The number of carboxylic acid groups (broad SMARTS) is 1. The average Bonchev–Trinajstić information content (AvgIpc) is 2.32. The van der Waals surface area contributed by atoms with E-state index in [2.05, 4.69) is 0 Å². The molecule has 0 amide bonds. The molecule has 5 atom stereocenters. The molecule has 0 saturated carbocycles. The Labute approximate surface area is 97.1 Å². The van der Waals surface area contributed by atoms with Crippen molar-refractivity contribution in [2.75, 3.05) is 6.61 Å². The lowest BCUT2D eigenvalue weighted by Gasteiger charge is -2.28. The Morgan fingerprint density at radius 2 is 1.88 bits per heavy atom. The van der Waals surface area contributed by atoms with Gasteiger partial charge in [0.05, 0.1) is 6.61 Å². The smallest absolute Gasteiger partial charge is 0.332 e. The van der Waals surface area contributed by atoms with Crippen LogP contribution in [-0.2, 0) is 14.3 Å². The largest absolute Gasteiger partial charge is 0.479 e. The van der Waals surface area contributed by atoms with Gasteiger partial charge in [-0.2, -0.15) is 0 Å². The van der Waals surface area contributed by atoms with Gasteiger partial charge in [0.1, 0.15) is 24.4 Å². The number of aliphatic carboxylic acids is 1. The van der Waals surface area contributed by atoms with Crippen LogP contribution in [0, 0.1) is 0 Å². The van der Waals surface area contributed by atoms with E-state index in [1.807, 2.05) is 0 Å². The Balaban J connectivity index is 4.75. The molecule has 0 aliphatic heterocycles. The molecule has 0 aromatic heterocycles. The maximum absolute atomic E-state index is 10.5. The van der Waals surface area contributed by atoms with Gasteiger partial charge < -0.3 is 35.1 Å². The number of hydrogen-bond acceptors (Lipinski definition) is 7. The van der Waals surface area contributed by atoms with E-state index in [0.717, 1.165) is 6.92 Å². The second-order valence-electron chi connectivity index (χ2n) is 3.45. The Bertz CT molecular complexity index is 255. The molecule has 100 valence electrons. The van der Waals surface area contributed by atoms with Gasteiger partial charge in [0.2, 0.25) is 0 Å². The number of hydrogen-bond donors (Lipinski definition) is 5. The van der Waals surface area contributed by atoms with E-state index in [-0.39, 0.29) is 6.29 Å². The molecule has 0 aliphatic carbocycles. The van der Waals surface area contributed by atoms with Crippen LogP contribution < -0.4 is 0 Å². The predicted molar refractivity (Wildman–Crippen MR) is 53.1 cm³/mol. The van der Waals surface area contributed by atoms with Gasteiger partial charge in [-0.3, -0.25) is 0 Å². The zero-order valence-electron chi connectivity index (χ0n) is 9.13. The van der Waals surface area contributed by atoms with Crippen molar-refractivity contribution >= 4 is 12.3 Å². The van der Waals surface area contributed by atoms with E-state index in [4.69, 9.17) is 20.1 Å². The van der Waals surface area contributed by atoms with Gasteiger partial charge >= 0.3 is 5.97 Å². The van der Waals surface area contributed by atoms with Crippen LogP contribution >= 0.6 is 0 Å². The molecule has 0 spiro atoms. The van der Waals surface area contributed by atoms with Crippen molar-refractivity contribution < 1.29 is 39.9 Å². The van der Waals surface area contributed by atoms with Crippen LogP contribution in [0.15, 0.2) is 0 Å². The van der Waals surface area contributed by atoms with E-state index in [1.165, 1.54) is 0 Å². The molecular formula is C9H16O8. The molecule has 0 unspecified atom stereocenters. The van der Waals surface area contributed by atoms with E-state index >= 15 is 0 Å². The Morgan fingerprint density at radius 3 is 2.24 bits per heavy atom. The number of carboxylic acids is 1. The zero-order chi connectivity index (χ0) is 13.6. The summed E-state index contributed by atoms with van der Waals surface area (Å²) in [7, 11) is 0. The van der Waals surface area contributed by atoms with Gasteiger partial charge in [0.25, 0.3) is 0 Å². The minimum absolute atomic E-state index is 0.0343. The van der Waals surface area contributed by atoms with Gasteiger partial charge in [-0.05, 0) is 6.92 Å². The first-order valence-electron chi connectivity index (χ1n) is 4.83. The average molecular weight is 252 g/mol. The summed E-state index contributed by atoms with van der Waals surface area (Å²) in [6, 6.07) is 0. The summed E-state index contributed by atoms with van der Waals surface area (Å²) in [5.74, 6) is -1.36. The van der Waals surface area contributed by atoms with Gasteiger partial charge in [0, 0.05) is 0 Å². The predicted octanol–water partition coefficient (Wildman–Crippen LogP) is -2.88. The normalized spacial score (nSPS) is 20.1. The number of aliphatic hydroxyl groups is 4. The molecule has 0 radical (unpaired) electrons. The maximum atomic E-state index is 10.5. The summed E-state index contributed by atoms with van der Waals surface area (Å²) in [5.41, 5.74) is 0. The minimum atomic E-state index is -1.81. The van der Waals surface area contributed by atoms with Gasteiger partial charge in [-0.25, -0.2) is 4.79 Å². The first-order chi connectivity index (χ1) is 7.84. The van der Waals surface area contributed by atoms with E-state index < -0.39 is 43.1 Å². The SMILES string of the molecule is C[C@@H](O[C@@H]([C@H](O)[C@H](O)CO)[C@H](O)C=O)C(=O)O. The van der Waals surface area contributed by atoms with Crippen molar-refractivity contribution in [2.24, 2.45) is 0 Å². The molecule has 0 heterocycles. The second-order valence-corrected chi connectivity index (χ2v) is 3.45. The molecule has 0 aliphatic rings. The highest BCUT2D eigenvalue weighted by molar-refractivity contribution is 5.71. The third-order valence-corrected chi connectivity index (χ3v) is 2.10. The number of carbonyl (C=O) groups is 2. The van der Waals surface area contributed by atoms with Crippen molar-refractivity contribution in [3.8, 4) is 0 Å². The van der Waals surface area contributed by atoms with Gasteiger partial charge in [-0.15, -0.1) is 0 Å². The molecule has 0 aromatic rings. The molecule has 0 rings (SSSR count). The molecule has 0 aromatic carbocycles.